The third-order valence-corrected chi connectivity index (χ3v) is 5.46. The normalized spacial score (nSPS) is 26.9. The first-order chi connectivity index (χ1) is 13.5. The number of carbonyl (C=O) groups excluding carboxylic acids is 1. The summed E-state index contributed by atoms with van der Waals surface area (Å²) < 4.78 is 0. The van der Waals surface area contributed by atoms with E-state index in [-0.39, 0.29) is 11.4 Å². The Balaban J connectivity index is 1.81. The second-order valence-corrected chi connectivity index (χ2v) is 7.86. The molecular formula is C20H22N6O2. The fourth-order valence-electron chi connectivity index (χ4n) is 4.40. The molecule has 4 unspecified atom stereocenters. The quantitative estimate of drug-likeness (QED) is 0.824. The number of fused-ring (bicyclic) bond motifs is 1. The van der Waals surface area contributed by atoms with E-state index in [1.165, 1.54) is 0 Å². The molecule has 144 valence electrons. The highest BCUT2D eigenvalue weighted by Gasteiger charge is 2.40. The molecule has 0 spiro atoms. The summed E-state index contributed by atoms with van der Waals surface area (Å²) in [6.45, 7) is 5.95. The number of nitrogens with zero attached hydrogens (tertiary/aromatic N) is 4. The number of amides is 1. The van der Waals surface area contributed by atoms with Crippen molar-refractivity contribution in [3.05, 3.63) is 46.0 Å². The standard InChI is InChI=1S/C20H22N6O2/c1-11-6-12(2)10-26(9-11)20-24-17-16(19(28)25-20)15(13-4-3-5-22-8-13)14(7-21)18(27)23-17/h3-5,8,11-12,14-15H,6,9-10H2,1-2H3,(H2,23,24,25,27,28). The average molecular weight is 378 g/mol. The average Bonchev–Trinajstić information content (AvgIpc) is 2.66. The largest absolute Gasteiger partial charge is 0.342 e. The van der Waals surface area contributed by atoms with Gasteiger partial charge in [0.25, 0.3) is 5.56 Å². The molecule has 0 saturated carbocycles. The summed E-state index contributed by atoms with van der Waals surface area (Å²) in [6, 6.07) is 5.52. The topological polar surface area (TPSA) is 115 Å². The lowest BCUT2D eigenvalue weighted by Gasteiger charge is -2.36. The van der Waals surface area contributed by atoms with Gasteiger partial charge in [-0.15, -0.1) is 0 Å². The molecule has 1 amide bonds. The summed E-state index contributed by atoms with van der Waals surface area (Å²) in [7, 11) is 0. The molecule has 0 bridgehead atoms. The van der Waals surface area contributed by atoms with Crippen molar-refractivity contribution in [2.45, 2.75) is 26.2 Å². The maximum Gasteiger partial charge on any atom is 0.258 e. The minimum Gasteiger partial charge on any atom is -0.342 e. The molecule has 1 saturated heterocycles. The van der Waals surface area contributed by atoms with Gasteiger partial charge in [0.1, 0.15) is 11.7 Å². The Morgan fingerprint density at radius 2 is 2.00 bits per heavy atom. The Hall–Kier alpha value is -3.21. The summed E-state index contributed by atoms with van der Waals surface area (Å²) >= 11 is 0. The molecule has 0 radical (unpaired) electrons. The van der Waals surface area contributed by atoms with Gasteiger partial charge in [0.15, 0.2) is 0 Å². The number of carbonyl (C=O) groups is 1. The Bertz CT molecular complexity index is 986. The van der Waals surface area contributed by atoms with Gasteiger partial charge in [-0.25, -0.2) is 0 Å². The molecule has 0 aromatic carbocycles. The molecule has 1 fully saturated rings. The molecule has 2 aromatic rings. The van der Waals surface area contributed by atoms with Gasteiger partial charge in [0, 0.05) is 31.4 Å². The van der Waals surface area contributed by atoms with Crippen molar-refractivity contribution in [1.82, 2.24) is 15.0 Å². The Morgan fingerprint density at radius 1 is 1.25 bits per heavy atom. The molecule has 2 N–H and O–H groups in total. The number of piperidine rings is 1. The Kier molecular flexibility index (Phi) is 4.59. The maximum absolute atomic E-state index is 13.0. The van der Waals surface area contributed by atoms with Gasteiger partial charge in [-0.1, -0.05) is 19.9 Å². The van der Waals surface area contributed by atoms with Crippen LogP contribution in [0.25, 0.3) is 0 Å². The lowest BCUT2D eigenvalue weighted by Crippen LogP contribution is -2.42. The number of rotatable bonds is 2. The van der Waals surface area contributed by atoms with Gasteiger partial charge in [0.05, 0.1) is 11.6 Å². The molecule has 2 aliphatic rings. The van der Waals surface area contributed by atoms with Crippen LogP contribution in [0.3, 0.4) is 0 Å². The zero-order valence-electron chi connectivity index (χ0n) is 15.8. The van der Waals surface area contributed by atoms with Crippen LogP contribution in [0.1, 0.15) is 37.3 Å². The molecule has 2 aliphatic heterocycles. The van der Waals surface area contributed by atoms with E-state index in [1.807, 2.05) is 6.07 Å². The Labute approximate surface area is 162 Å². The first kappa shape index (κ1) is 18.2. The van der Waals surface area contributed by atoms with Crippen LogP contribution in [-0.4, -0.2) is 33.9 Å². The number of hydrogen-bond donors (Lipinski definition) is 2. The predicted octanol–water partition coefficient (Wildman–Crippen LogP) is 1.87. The highest BCUT2D eigenvalue weighted by Crippen LogP contribution is 2.38. The lowest BCUT2D eigenvalue weighted by molar-refractivity contribution is -0.119. The number of H-pyrrole nitrogens is 1. The van der Waals surface area contributed by atoms with Gasteiger partial charge in [0.2, 0.25) is 11.9 Å². The van der Waals surface area contributed by atoms with Crippen LogP contribution >= 0.6 is 0 Å². The second-order valence-electron chi connectivity index (χ2n) is 7.86. The predicted molar refractivity (Wildman–Crippen MR) is 104 cm³/mol. The third kappa shape index (κ3) is 3.13. The van der Waals surface area contributed by atoms with Crippen LogP contribution in [0.4, 0.5) is 11.8 Å². The molecule has 2 aromatic heterocycles. The minimum atomic E-state index is -1.01. The van der Waals surface area contributed by atoms with E-state index in [0.29, 0.717) is 28.9 Å². The van der Waals surface area contributed by atoms with Crippen LogP contribution in [0.5, 0.6) is 0 Å². The number of hydrogen-bond acceptors (Lipinski definition) is 6. The first-order valence-corrected chi connectivity index (χ1v) is 9.47. The number of anilines is 2. The minimum absolute atomic E-state index is 0.231. The van der Waals surface area contributed by atoms with Crippen molar-refractivity contribution >= 4 is 17.7 Å². The number of nitrogens with one attached hydrogen (secondary N) is 2. The fourth-order valence-corrected chi connectivity index (χ4v) is 4.40. The van der Waals surface area contributed by atoms with Crippen LogP contribution in [0, 0.1) is 29.1 Å². The van der Waals surface area contributed by atoms with Crippen molar-refractivity contribution in [3.8, 4) is 6.07 Å². The van der Waals surface area contributed by atoms with Gasteiger partial charge in [-0.05, 0) is 29.9 Å². The Morgan fingerprint density at radius 3 is 2.64 bits per heavy atom. The van der Waals surface area contributed by atoms with Crippen molar-refractivity contribution in [2.24, 2.45) is 17.8 Å². The molecular weight excluding hydrogens is 356 g/mol. The van der Waals surface area contributed by atoms with Gasteiger partial charge >= 0.3 is 0 Å². The SMILES string of the molecule is CC1CC(C)CN(c2nc3c(c(=O)[nH]2)C(c2cccnc2)C(C#N)C(=O)N3)C1. The third-order valence-electron chi connectivity index (χ3n) is 5.46. The van der Waals surface area contributed by atoms with Crippen molar-refractivity contribution in [3.63, 3.8) is 0 Å². The first-order valence-electron chi connectivity index (χ1n) is 9.47. The summed E-state index contributed by atoms with van der Waals surface area (Å²) in [6.07, 6.45) is 4.33. The van der Waals surface area contributed by atoms with Crippen molar-refractivity contribution in [1.29, 1.82) is 5.26 Å². The van der Waals surface area contributed by atoms with Gasteiger partial charge < -0.3 is 10.2 Å². The van der Waals surface area contributed by atoms with Gasteiger partial charge in [-0.2, -0.15) is 10.2 Å². The monoisotopic (exact) mass is 378 g/mol. The fraction of sp³-hybridized carbons (Fsp3) is 0.450. The van der Waals surface area contributed by atoms with E-state index < -0.39 is 17.7 Å². The van der Waals surface area contributed by atoms with Crippen LogP contribution in [-0.2, 0) is 4.79 Å². The zero-order valence-corrected chi connectivity index (χ0v) is 15.8. The summed E-state index contributed by atoms with van der Waals surface area (Å²) in [4.78, 5) is 39.2. The van der Waals surface area contributed by atoms with Crippen LogP contribution < -0.4 is 15.8 Å². The molecule has 8 nitrogen and oxygen atoms in total. The highest BCUT2D eigenvalue weighted by atomic mass is 16.2. The van der Waals surface area contributed by atoms with Crippen molar-refractivity contribution in [2.75, 3.05) is 23.3 Å². The van der Waals surface area contributed by atoms with Crippen molar-refractivity contribution < 1.29 is 4.79 Å². The van der Waals surface area contributed by atoms with E-state index in [2.05, 4.69) is 39.0 Å². The molecule has 4 atom stereocenters. The van der Waals surface area contributed by atoms with E-state index in [4.69, 9.17) is 0 Å². The summed E-state index contributed by atoms with van der Waals surface area (Å²) in [5.74, 6) is -0.491. The summed E-state index contributed by atoms with van der Waals surface area (Å²) in [5, 5.41) is 12.2. The van der Waals surface area contributed by atoms with E-state index >= 15 is 0 Å². The smallest absolute Gasteiger partial charge is 0.258 e. The van der Waals surface area contributed by atoms with E-state index in [0.717, 1.165) is 19.5 Å². The number of aromatic nitrogens is 3. The summed E-state index contributed by atoms with van der Waals surface area (Å²) in [5.41, 5.74) is 0.617. The number of pyridine rings is 1. The molecule has 4 heterocycles. The van der Waals surface area contributed by atoms with Gasteiger partial charge in [-0.3, -0.25) is 19.6 Å². The van der Waals surface area contributed by atoms with E-state index in [1.54, 1.807) is 24.5 Å². The lowest BCUT2D eigenvalue weighted by atomic mass is 9.80. The number of nitriles is 1. The molecule has 28 heavy (non-hydrogen) atoms. The molecule has 8 heteroatoms. The second kappa shape index (κ2) is 7.08. The molecule has 4 rings (SSSR count). The van der Waals surface area contributed by atoms with Crippen LogP contribution in [0.15, 0.2) is 29.3 Å². The zero-order chi connectivity index (χ0) is 19.8. The van der Waals surface area contributed by atoms with Crippen LogP contribution in [0.2, 0.25) is 0 Å². The number of aromatic amines is 1. The maximum atomic E-state index is 13.0. The highest BCUT2D eigenvalue weighted by molar-refractivity contribution is 5.97. The van der Waals surface area contributed by atoms with E-state index in [9.17, 15) is 14.9 Å². The molecule has 0 aliphatic carbocycles.